The van der Waals surface area contributed by atoms with Gasteiger partial charge in [0.25, 0.3) is 0 Å². The lowest BCUT2D eigenvalue weighted by Crippen LogP contribution is -2.27. The molecule has 0 saturated heterocycles. The van der Waals surface area contributed by atoms with E-state index in [0.29, 0.717) is 10.9 Å². The molecule has 1 aromatic rings. The quantitative estimate of drug-likeness (QED) is 0.916. The molecule has 1 N–H and O–H groups in total. The summed E-state index contributed by atoms with van der Waals surface area (Å²) in [5, 5.41) is 9.72. The Morgan fingerprint density at radius 2 is 2.20 bits per heavy atom. The zero-order valence-corrected chi connectivity index (χ0v) is 10.3. The molecule has 2 atom stereocenters. The normalized spacial score (nSPS) is 15.0. The Balaban J connectivity index is 2.76. The van der Waals surface area contributed by atoms with Crippen molar-refractivity contribution in [1.82, 2.24) is 0 Å². The van der Waals surface area contributed by atoms with Crippen LogP contribution in [-0.4, -0.2) is 24.4 Å². The van der Waals surface area contributed by atoms with Crippen LogP contribution in [0.2, 0.25) is 0 Å². The molecule has 0 saturated carbocycles. The highest BCUT2D eigenvalue weighted by Gasteiger charge is 2.16. The second kappa shape index (κ2) is 5.58. The predicted octanol–water partition coefficient (Wildman–Crippen LogP) is 2.53. The number of halogens is 2. The summed E-state index contributed by atoms with van der Waals surface area (Å²) in [6.45, 7) is 1.78. The first kappa shape index (κ1) is 12.6. The van der Waals surface area contributed by atoms with Gasteiger partial charge in [-0.05, 0) is 34.5 Å². The van der Waals surface area contributed by atoms with Crippen LogP contribution in [0.25, 0.3) is 0 Å². The standard InChI is InChI=1S/C11H14BrFO2/c1-7(15-2)10(14)6-8-4-3-5-9(13)11(8)12/h3-5,7,10,14H,6H2,1-2H3. The van der Waals surface area contributed by atoms with Gasteiger partial charge in [0.2, 0.25) is 0 Å². The SMILES string of the molecule is COC(C)C(O)Cc1cccc(F)c1Br. The Morgan fingerprint density at radius 1 is 1.53 bits per heavy atom. The van der Waals surface area contributed by atoms with Gasteiger partial charge >= 0.3 is 0 Å². The molecule has 0 aliphatic carbocycles. The number of rotatable bonds is 4. The second-order valence-corrected chi connectivity index (χ2v) is 4.22. The highest BCUT2D eigenvalue weighted by molar-refractivity contribution is 9.10. The largest absolute Gasteiger partial charge is 0.390 e. The maximum atomic E-state index is 13.2. The van der Waals surface area contributed by atoms with Gasteiger partial charge < -0.3 is 9.84 Å². The van der Waals surface area contributed by atoms with Gasteiger partial charge in [0, 0.05) is 13.5 Å². The molecule has 0 heterocycles. The van der Waals surface area contributed by atoms with Gasteiger partial charge in [-0.3, -0.25) is 0 Å². The first-order valence-electron chi connectivity index (χ1n) is 4.70. The number of aliphatic hydroxyl groups is 1. The molecule has 0 bridgehead atoms. The van der Waals surface area contributed by atoms with Gasteiger partial charge in [-0.1, -0.05) is 12.1 Å². The van der Waals surface area contributed by atoms with Crippen LogP contribution in [0.1, 0.15) is 12.5 Å². The van der Waals surface area contributed by atoms with Crippen molar-refractivity contribution < 1.29 is 14.2 Å². The second-order valence-electron chi connectivity index (χ2n) is 3.43. The van der Waals surface area contributed by atoms with Gasteiger partial charge in [0.1, 0.15) is 5.82 Å². The van der Waals surface area contributed by atoms with E-state index in [1.807, 2.05) is 0 Å². The van der Waals surface area contributed by atoms with Crippen LogP contribution in [0.5, 0.6) is 0 Å². The number of methoxy groups -OCH3 is 1. The molecule has 84 valence electrons. The molecular weight excluding hydrogens is 263 g/mol. The van der Waals surface area contributed by atoms with Gasteiger partial charge in [-0.15, -0.1) is 0 Å². The number of hydrogen-bond donors (Lipinski definition) is 1. The van der Waals surface area contributed by atoms with E-state index in [-0.39, 0.29) is 11.9 Å². The Morgan fingerprint density at radius 3 is 2.80 bits per heavy atom. The van der Waals surface area contributed by atoms with Gasteiger partial charge in [-0.25, -0.2) is 4.39 Å². The van der Waals surface area contributed by atoms with Gasteiger partial charge in [0.05, 0.1) is 16.7 Å². The average Bonchev–Trinajstić information content (AvgIpc) is 2.23. The minimum atomic E-state index is -0.631. The molecule has 1 aromatic carbocycles. The Hall–Kier alpha value is -0.450. The van der Waals surface area contributed by atoms with Crippen molar-refractivity contribution in [3.8, 4) is 0 Å². The molecule has 2 unspecified atom stereocenters. The van der Waals surface area contributed by atoms with Crippen LogP contribution in [0.3, 0.4) is 0 Å². The highest BCUT2D eigenvalue weighted by atomic mass is 79.9. The Kier molecular flexibility index (Phi) is 4.70. The zero-order chi connectivity index (χ0) is 11.4. The van der Waals surface area contributed by atoms with E-state index in [4.69, 9.17) is 4.74 Å². The molecule has 2 nitrogen and oxygen atoms in total. The summed E-state index contributed by atoms with van der Waals surface area (Å²) in [5.74, 6) is -0.315. The lowest BCUT2D eigenvalue weighted by Gasteiger charge is -2.17. The van der Waals surface area contributed by atoms with E-state index in [0.717, 1.165) is 5.56 Å². The maximum absolute atomic E-state index is 13.2. The fourth-order valence-corrected chi connectivity index (χ4v) is 1.68. The summed E-state index contributed by atoms with van der Waals surface area (Å²) in [7, 11) is 1.54. The molecule has 4 heteroatoms. The number of aliphatic hydroxyl groups excluding tert-OH is 1. The van der Waals surface area contributed by atoms with Crippen molar-refractivity contribution >= 4 is 15.9 Å². The first-order valence-corrected chi connectivity index (χ1v) is 5.49. The summed E-state index contributed by atoms with van der Waals surface area (Å²) in [6, 6.07) is 4.78. The molecule has 0 radical (unpaired) electrons. The van der Waals surface area contributed by atoms with Crippen LogP contribution in [0.4, 0.5) is 4.39 Å². The Bertz CT molecular complexity index is 330. The molecule has 0 aromatic heterocycles. The smallest absolute Gasteiger partial charge is 0.137 e. The van der Waals surface area contributed by atoms with E-state index in [9.17, 15) is 9.50 Å². The van der Waals surface area contributed by atoms with Crippen LogP contribution in [0.15, 0.2) is 22.7 Å². The van der Waals surface area contributed by atoms with Crippen LogP contribution in [0, 0.1) is 5.82 Å². The zero-order valence-electron chi connectivity index (χ0n) is 8.71. The summed E-state index contributed by atoms with van der Waals surface area (Å²) in [4.78, 5) is 0. The van der Waals surface area contributed by atoms with E-state index in [1.54, 1.807) is 19.1 Å². The predicted molar refractivity (Wildman–Crippen MR) is 60.3 cm³/mol. The van der Waals surface area contributed by atoms with E-state index in [1.165, 1.54) is 13.2 Å². The number of ether oxygens (including phenoxy) is 1. The monoisotopic (exact) mass is 276 g/mol. The molecule has 0 aliphatic heterocycles. The lowest BCUT2D eigenvalue weighted by atomic mass is 10.0. The molecule has 0 amide bonds. The van der Waals surface area contributed by atoms with E-state index >= 15 is 0 Å². The summed E-state index contributed by atoms with van der Waals surface area (Å²) < 4.78 is 18.6. The molecule has 0 fully saturated rings. The minimum Gasteiger partial charge on any atom is -0.390 e. The van der Waals surface area contributed by atoms with Crippen molar-refractivity contribution in [3.63, 3.8) is 0 Å². The first-order chi connectivity index (χ1) is 7.06. The van der Waals surface area contributed by atoms with Crippen LogP contribution < -0.4 is 0 Å². The summed E-state index contributed by atoms with van der Waals surface area (Å²) in [5.41, 5.74) is 0.742. The average molecular weight is 277 g/mol. The molecular formula is C11H14BrFO2. The van der Waals surface area contributed by atoms with Crippen molar-refractivity contribution in [2.75, 3.05) is 7.11 Å². The summed E-state index contributed by atoms with van der Waals surface area (Å²) >= 11 is 3.15. The van der Waals surface area contributed by atoms with Crippen molar-refractivity contribution in [2.24, 2.45) is 0 Å². The van der Waals surface area contributed by atoms with Crippen molar-refractivity contribution in [2.45, 2.75) is 25.6 Å². The fourth-order valence-electron chi connectivity index (χ4n) is 1.25. The van der Waals surface area contributed by atoms with Crippen molar-refractivity contribution in [3.05, 3.63) is 34.1 Å². The van der Waals surface area contributed by atoms with Crippen LogP contribution in [-0.2, 0) is 11.2 Å². The van der Waals surface area contributed by atoms with E-state index < -0.39 is 6.10 Å². The lowest BCUT2D eigenvalue weighted by molar-refractivity contribution is 0.000301. The molecule has 0 aliphatic rings. The molecule has 1 rings (SSSR count). The fraction of sp³-hybridized carbons (Fsp3) is 0.455. The van der Waals surface area contributed by atoms with Gasteiger partial charge in [0.15, 0.2) is 0 Å². The molecule has 15 heavy (non-hydrogen) atoms. The Labute approximate surface area is 97.2 Å². The van der Waals surface area contributed by atoms with Crippen molar-refractivity contribution in [1.29, 1.82) is 0 Å². The van der Waals surface area contributed by atoms with Crippen LogP contribution >= 0.6 is 15.9 Å². The topological polar surface area (TPSA) is 29.5 Å². The third-order valence-electron chi connectivity index (χ3n) is 2.37. The van der Waals surface area contributed by atoms with E-state index in [2.05, 4.69) is 15.9 Å². The maximum Gasteiger partial charge on any atom is 0.137 e. The highest BCUT2D eigenvalue weighted by Crippen LogP contribution is 2.22. The summed E-state index contributed by atoms with van der Waals surface area (Å²) in [6.07, 6.45) is -0.527. The third kappa shape index (κ3) is 3.26. The number of benzene rings is 1. The number of hydrogen-bond acceptors (Lipinski definition) is 2. The minimum absolute atomic E-state index is 0.264. The molecule has 0 spiro atoms. The third-order valence-corrected chi connectivity index (χ3v) is 3.26. The van der Waals surface area contributed by atoms with Gasteiger partial charge in [-0.2, -0.15) is 0 Å².